The Bertz CT molecular complexity index is 942. The first-order valence-electron chi connectivity index (χ1n) is 8.92. The van der Waals surface area contributed by atoms with E-state index in [0.29, 0.717) is 11.5 Å². The maximum Gasteiger partial charge on any atom is 0.231 e. The van der Waals surface area contributed by atoms with E-state index < -0.39 is 11.6 Å². The van der Waals surface area contributed by atoms with Gasteiger partial charge in [0.25, 0.3) is 0 Å². The minimum Gasteiger partial charge on any atom is -0.454 e. The second kappa shape index (κ2) is 4.84. The highest BCUT2D eigenvalue weighted by Crippen LogP contribution is 2.57. The van der Waals surface area contributed by atoms with E-state index in [4.69, 9.17) is 18.9 Å². The van der Waals surface area contributed by atoms with Crippen molar-refractivity contribution in [2.45, 2.75) is 24.5 Å². The number of nitrogens with zero attached hydrogens (tertiary/aromatic N) is 1. The number of hydrogen-bond donors (Lipinski definition) is 1. The van der Waals surface area contributed by atoms with Crippen LogP contribution in [-0.2, 0) is 18.4 Å². The van der Waals surface area contributed by atoms with Gasteiger partial charge in [-0.15, -0.1) is 0 Å². The molecule has 0 amide bonds. The first-order valence-corrected chi connectivity index (χ1v) is 8.92. The van der Waals surface area contributed by atoms with Crippen molar-refractivity contribution in [1.82, 2.24) is 4.90 Å². The molecule has 0 fully saturated rings. The Balaban J connectivity index is 1.57. The summed E-state index contributed by atoms with van der Waals surface area (Å²) in [6.07, 6.45) is 0.951. The van der Waals surface area contributed by atoms with Crippen LogP contribution in [0.15, 0.2) is 24.3 Å². The van der Waals surface area contributed by atoms with Gasteiger partial charge in [0.1, 0.15) is 6.10 Å². The van der Waals surface area contributed by atoms with Gasteiger partial charge < -0.3 is 24.1 Å². The van der Waals surface area contributed by atoms with Gasteiger partial charge >= 0.3 is 0 Å². The van der Waals surface area contributed by atoms with Crippen LogP contribution in [-0.4, -0.2) is 37.2 Å². The van der Waals surface area contributed by atoms with Crippen molar-refractivity contribution in [3.63, 3.8) is 0 Å². The zero-order valence-corrected chi connectivity index (χ0v) is 14.4. The van der Waals surface area contributed by atoms with Crippen LogP contribution in [0.1, 0.15) is 28.4 Å². The average Bonchev–Trinajstić information content (AvgIpc) is 3.35. The number of rotatable bonds is 0. The Kier molecular flexibility index (Phi) is 2.74. The molecule has 2 atom stereocenters. The van der Waals surface area contributed by atoms with E-state index in [1.807, 2.05) is 6.07 Å². The fourth-order valence-electron chi connectivity index (χ4n) is 4.99. The van der Waals surface area contributed by atoms with Crippen molar-refractivity contribution in [3.8, 4) is 23.0 Å². The van der Waals surface area contributed by atoms with Crippen molar-refractivity contribution in [2.24, 2.45) is 0 Å². The summed E-state index contributed by atoms with van der Waals surface area (Å²) in [5.74, 6) is 2.95. The van der Waals surface area contributed by atoms with E-state index >= 15 is 0 Å². The first kappa shape index (κ1) is 14.7. The van der Waals surface area contributed by atoms with E-state index in [-0.39, 0.29) is 13.6 Å². The highest BCUT2D eigenvalue weighted by Gasteiger charge is 2.54. The van der Waals surface area contributed by atoms with E-state index in [9.17, 15) is 5.11 Å². The molecule has 26 heavy (non-hydrogen) atoms. The van der Waals surface area contributed by atoms with Gasteiger partial charge in [-0.2, -0.15) is 0 Å². The molecule has 3 aliphatic heterocycles. The molecular formula is C20H19NO5. The fraction of sp³-hybridized carbons (Fsp3) is 0.400. The molecule has 6 rings (SSSR count). The number of ether oxygens (including phenoxy) is 4. The van der Waals surface area contributed by atoms with Gasteiger partial charge in [-0.3, -0.25) is 4.90 Å². The van der Waals surface area contributed by atoms with Crippen LogP contribution < -0.4 is 18.9 Å². The van der Waals surface area contributed by atoms with Gasteiger partial charge in [0.05, 0.1) is 5.54 Å². The normalized spacial score (nSPS) is 27.7. The van der Waals surface area contributed by atoms with Crippen LogP contribution in [0, 0.1) is 0 Å². The third-order valence-corrected chi connectivity index (χ3v) is 6.32. The fourth-order valence-corrected chi connectivity index (χ4v) is 4.99. The van der Waals surface area contributed by atoms with Crippen molar-refractivity contribution in [2.75, 3.05) is 27.2 Å². The summed E-state index contributed by atoms with van der Waals surface area (Å²) in [6.45, 7) is 1.33. The standard InChI is InChI=1S/C20H19NO5/c1-21-5-4-11-6-15-16(25-9-24-15)7-13(11)20(21)8-12-2-3-14-18(26-10-23-14)17(12)19(20)22/h2-3,6-7,19,22H,4-5,8-10H2,1H3/t19-,20+/m0/s1. The maximum absolute atomic E-state index is 11.5. The SMILES string of the molecule is CN1CCc2cc3c(cc2[C@@]12Cc1ccc4c(c1[C@@H]2O)OCO4)OCO3. The lowest BCUT2D eigenvalue weighted by Crippen LogP contribution is -2.51. The van der Waals surface area contributed by atoms with Crippen LogP contribution in [0.2, 0.25) is 0 Å². The molecule has 3 heterocycles. The Labute approximate surface area is 150 Å². The summed E-state index contributed by atoms with van der Waals surface area (Å²) < 4.78 is 22.4. The molecule has 0 aromatic heterocycles. The number of fused-ring (bicyclic) bond motifs is 6. The van der Waals surface area contributed by atoms with Gasteiger partial charge in [-0.25, -0.2) is 0 Å². The monoisotopic (exact) mass is 353 g/mol. The lowest BCUT2D eigenvalue weighted by molar-refractivity contribution is -0.0205. The first-order chi connectivity index (χ1) is 12.7. The van der Waals surface area contributed by atoms with Crippen LogP contribution in [0.25, 0.3) is 0 Å². The molecule has 0 bridgehead atoms. The predicted molar refractivity (Wildman–Crippen MR) is 91.8 cm³/mol. The zero-order chi connectivity index (χ0) is 17.5. The van der Waals surface area contributed by atoms with Crippen molar-refractivity contribution in [3.05, 3.63) is 46.5 Å². The molecule has 0 saturated carbocycles. The summed E-state index contributed by atoms with van der Waals surface area (Å²) in [5.41, 5.74) is 3.77. The van der Waals surface area contributed by atoms with Crippen LogP contribution >= 0.6 is 0 Å². The minimum absolute atomic E-state index is 0.205. The van der Waals surface area contributed by atoms with E-state index in [0.717, 1.165) is 47.6 Å². The highest BCUT2D eigenvalue weighted by molar-refractivity contribution is 5.61. The number of hydrogen-bond acceptors (Lipinski definition) is 6. The van der Waals surface area contributed by atoms with Gasteiger partial charge in [0.15, 0.2) is 23.0 Å². The second-order valence-corrected chi connectivity index (χ2v) is 7.41. The second-order valence-electron chi connectivity index (χ2n) is 7.41. The lowest BCUT2D eigenvalue weighted by atomic mass is 9.77. The molecule has 2 aromatic carbocycles. The largest absolute Gasteiger partial charge is 0.454 e. The molecule has 0 radical (unpaired) electrons. The Morgan fingerprint density at radius 3 is 2.65 bits per heavy atom. The molecular weight excluding hydrogens is 334 g/mol. The molecule has 6 nitrogen and oxygen atoms in total. The summed E-state index contributed by atoms with van der Waals surface area (Å²) in [6, 6.07) is 8.12. The Morgan fingerprint density at radius 2 is 1.77 bits per heavy atom. The molecule has 1 aliphatic carbocycles. The lowest BCUT2D eigenvalue weighted by Gasteiger charge is -2.46. The average molecular weight is 353 g/mol. The number of aliphatic hydroxyl groups is 1. The quantitative estimate of drug-likeness (QED) is 0.783. The van der Waals surface area contributed by atoms with Crippen molar-refractivity contribution in [1.29, 1.82) is 0 Å². The van der Waals surface area contributed by atoms with Gasteiger partial charge in [0, 0.05) is 12.1 Å². The highest BCUT2D eigenvalue weighted by atomic mass is 16.7. The Hall–Kier alpha value is -2.44. The summed E-state index contributed by atoms with van der Waals surface area (Å²) in [5, 5.41) is 11.5. The third kappa shape index (κ3) is 1.64. The van der Waals surface area contributed by atoms with Gasteiger partial charge in [0.2, 0.25) is 13.6 Å². The molecule has 2 aromatic rings. The van der Waals surface area contributed by atoms with Crippen molar-refractivity contribution < 1.29 is 24.1 Å². The topological polar surface area (TPSA) is 60.4 Å². The molecule has 0 unspecified atom stereocenters. The maximum atomic E-state index is 11.5. The number of benzene rings is 2. The van der Waals surface area contributed by atoms with Crippen molar-refractivity contribution >= 4 is 0 Å². The number of aliphatic hydroxyl groups excluding tert-OH is 1. The third-order valence-electron chi connectivity index (χ3n) is 6.32. The predicted octanol–water partition coefficient (Wildman–Crippen LogP) is 2.12. The van der Waals surface area contributed by atoms with E-state index in [2.05, 4.69) is 30.1 Å². The molecule has 1 N–H and O–H groups in total. The molecule has 0 saturated heterocycles. The van der Waals surface area contributed by atoms with Gasteiger partial charge in [-0.05, 0) is 54.8 Å². The number of likely N-dealkylation sites (N-methyl/N-ethyl adjacent to an activating group) is 1. The van der Waals surface area contributed by atoms with E-state index in [1.54, 1.807) is 0 Å². The van der Waals surface area contributed by atoms with Crippen LogP contribution in [0.4, 0.5) is 0 Å². The van der Waals surface area contributed by atoms with Crippen LogP contribution in [0.5, 0.6) is 23.0 Å². The molecule has 6 heteroatoms. The van der Waals surface area contributed by atoms with Crippen LogP contribution in [0.3, 0.4) is 0 Å². The van der Waals surface area contributed by atoms with E-state index in [1.165, 1.54) is 5.56 Å². The smallest absolute Gasteiger partial charge is 0.231 e. The molecule has 1 spiro atoms. The van der Waals surface area contributed by atoms with Gasteiger partial charge in [-0.1, -0.05) is 6.07 Å². The molecule has 134 valence electrons. The summed E-state index contributed by atoms with van der Waals surface area (Å²) in [4.78, 5) is 2.27. The summed E-state index contributed by atoms with van der Waals surface area (Å²) >= 11 is 0. The minimum atomic E-state index is -0.696. The molecule has 4 aliphatic rings. The Morgan fingerprint density at radius 1 is 1.00 bits per heavy atom. The zero-order valence-electron chi connectivity index (χ0n) is 14.4. The summed E-state index contributed by atoms with van der Waals surface area (Å²) in [7, 11) is 2.08.